The van der Waals surface area contributed by atoms with Gasteiger partial charge in [0.25, 0.3) is 5.91 Å². The van der Waals surface area contributed by atoms with E-state index in [-0.39, 0.29) is 0 Å². The van der Waals surface area contributed by atoms with Crippen LogP contribution < -0.4 is 5.32 Å². The van der Waals surface area contributed by atoms with Crippen molar-refractivity contribution in [3.63, 3.8) is 0 Å². The van der Waals surface area contributed by atoms with Crippen LogP contribution in [0.5, 0.6) is 0 Å². The van der Waals surface area contributed by atoms with Crippen LogP contribution in [0.2, 0.25) is 0 Å². The Hall–Kier alpha value is -3.72. The van der Waals surface area contributed by atoms with Crippen molar-refractivity contribution in [2.75, 3.05) is 6.61 Å². The lowest BCUT2D eigenvalue weighted by Gasteiger charge is -2.19. The number of aryl methyl sites for hydroxylation is 2. The second kappa shape index (κ2) is 11.8. The summed E-state index contributed by atoms with van der Waals surface area (Å²) in [5.74, 6) is 5.05. The fourth-order valence-electron chi connectivity index (χ4n) is 3.33. The van der Waals surface area contributed by atoms with Crippen molar-refractivity contribution >= 4 is 11.7 Å². The summed E-state index contributed by atoms with van der Waals surface area (Å²) in [5.41, 5.74) is 4.57. The first-order valence-corrected chi connectivity index (χ1v) is 10.8. The van der Waals surface area contributed by atoms with Crippen molar-refractivity contribution in [3.05, 3.63) is 107 Å². The third-order valence-corrected chi connectivity index (χ3v) is 5.27. The van der Waals surface area contributed by atoms with Gasteiger partial charge in [-0.1, -0.05) is 54.3 Å². The fourth-order valence-corrected chi connectivity index (χ4v) is 3.33. The lowest BCUT2D eigenvalue weighted by atomic mass is 10.0. The quantitative estimate of drug-likeness (QED) is 0.469. The van der Waals surface area contributed by atoms with E-state index in [1.54, 1.807) is 24.3 Å². The molecule has 0 bridgehead atoms. The first kappa shape index (κ1) is 23.9. The van der Waals surface area contributed by atoms with E-state index in [0.29, 0.717) is 5.56 Å². The van der Waals surface area contributed by atoms with Crippen LogP contribution in [0.4, 0.5) is 0 Å². The number of hydrogen-bond donors (Lipinski definition) is 3. The molecule has 0 aliphatic carbocycles. The summed E-state index contributed by atoms with van der Waals surface area (Å²) in [6.45, 7) is 0.630. The number of hydrogen-bond acceptors (Lipinski definition) is 4. The standard InChI is InChI=1S/C28H27NO4/c1-20(31)27(26(32)19-30)29-28(33)25-17-15-24(16-18-25)14-13-23-11-9-22(10-12-23)8-7-21-5-3-2-4-6-21/h2-6,9-12,15-18,20,27,30-31H,7-8,19H2,1H3,(H,29,33)/t20-,27+/m1/s1. The zero-order valence-corrected chi connectivity index (χ0v) is 18.5. The Bertz CT molecular complexity index is 1120. The average Bonchev–Trinajstić information content (AvgIpc) is 2.85. The van der Waals surface area contributed by atoms with Gasteiger partial charge < -0.3 is 15.5 Å². The maximum absolute atomic E-state index is 12.4. The number of aliphatic hydroxyl groups is 2. The van der Waals surface area contributed by atoms with E-state index in [4.69, 9.17) is 5.11 Å². The normalized spacial score (nSPS) is 12.2. The van der Waals surface area contributed by atoms with Gasteiger partial charge in [-0.25, -0.2) is 0 Å². The van der Waals surface area contributed by atoms with Crippen molar-refractivity contribution in [3.8, 4) is 11.8 Å². The molecule has 3 aromatic rings. The van der Waals surface area contributed by atoms with Crippen LogP contribution in [0.1, 0.15) is 39.5 Å². The Morgan fingerprint density at radius 2 is 1.33 bits per heavy atom. The molecule has 0 aromatic heterocycles. The Morgan fingerprint density at radius 3 is 1.85 bits per heavy atom. The van der Waals surface area contributed by atoms with Gasteiger partial charge in [0.15, 0.2) is 5.78 Å². The maximum Gasteiger partial charge on any atom is 0.251 e. The Kier molecular flexibility index (Phi) is 8.54. The van der Waals surface area contributed by atoms with Crippen LogP contribution in [-0.2, 0) is 17.6 Å². The number of Topliss-reactive ketones (excluding diaryl/α,β-unsaturated/α-hetero) is 1. The number of benzene rings is 3. The lowest BCUT2D eigenvalue weighted by Crippen LogP contribution is -2.48. The summed E-state index contributed by atoms with van der Waals surface area (Å²) in [4.78, 5) is 24.0. The Morgan fingerprint density at radius 1 is 0.818 bits per heavy atom. The molecule has 0 fully saturated rings. The number of aliphatic hydroxyl groups excluding tert-OH is 2. The van der Waals surface area contributed by atoms with Crippen LogP contribution in [0.25, 0.3) is 0 Å². The maximum atomic E-state index is 12.4. The van der Waals surface area contributed by atoms with Crippen LogP contribution >= 0.6 is 0 Å². The average molecular weight is 442 g/mol. The summed E-state index contributed by atoms with van der Waals surface area (Å²) in [7, 11) is 0. The molecular weight excluding hydrogens is 414 g/mol. The fraction of sp³-hybridized carbons (Fsp3) is 0.214. The van der Waals surface area contributed by atoms with Gasteiger partial charge in [0.05, 0.1) is 6.10 Å². The zero-order chi connectivity index (χ0) is 23.6. The number of ketones is 1. The number of nitrogens with one attached hydrogen (secondary N) is 1. The van der Waals surface area contributed by atoms with Crippen molar-refractivity contribution in [1.29, 1.82) is 0 Å². The van der Waals surface area contributed by atoms with E-state index in [9.17, 15) is 14.7 Å². The van der Waals surface area contributed by atoms with Crippen molar-refractivity contribution in [2.45, 2.75) is 31.9 Å². The monoisotopic (exact) mass is 441 g/mol. The summed E-state index contributed by atoms with van der Waals surface area (Å²) >= 11 is 0. The van der Waals surface area contributed by atoms with Gasteiger partial charge in [0, 0.05) is 16.7 Å². The van der Waals surface area contributed by atoms with Crippen LogP contribution in [-0.4, -0.2) is 40.7 Å². The predicted molar refractivity (Wildman–Crippen MR) is 128 cm³/mol. The molecule has 3 rings (SSSR count). The first-order chi connectivity index (χ1) is 16.0. The van der Waals surface area contributed by atoms with Gasteiger partial charge in [-0.15, -0.1) is 0 Å². The molecule has 168 valence electrons. The van der Waals surface area contributed by atoms with Crippen LogP contribution in [0.3, 0.4) is 0 Å². The minimum atomic E-state index is -1.15. The summed E-state index contributed by atoms with van der Waals surface area (Å²) < 4.78 is 0. The molecule has 0 aliphatic heterocycles. The lowest BCUT2D eigenvalue weighted by molar-refractivity contribution is -0.125. The number of rotatable bonds is 8. The van der Waals surface area contributed by atoms with Gasteiger partial charge in [-0.2, -0.15) is 0 Å². The molecule has 3 N–H and O–H groups in total. The van der Waals surface area contributed by atoms with E-state index < -0.39 is 30.4 Å². The molecule has 33 heavy (non-hydrogen) atoms. The minimum absolute atomic E-state index is 0.333. The minimum Gasteiger partial charge on any atom is -0.391 e. The summed E-state index contributed by atoms with van der Waals surface area (Å²) in [6.07, 6.45) is 0.863. The molecule has 0 spiro atoms. The van der Waals surface area contributed by atoms with E-state index in [1.807, 2.05) is 18.2 Å². The molecule has 0 radical (unpaired) electrons. The van der Waals surface area contributed by atoms with Crippen molar-refractivity contribution in [1.82, 2.24) is 5.32 Å². The smallest absolute Gasteiger partial charge is 0.251 e. The third kappa shape index (κ3) is 7.15. The van der Waals surface area contributed by atoms with Gasteiger partial charge in [-0.05, 0) is 67.3 Å². The Balaban J connectivity index is 1.58. The van der Waals surface area contributed by atoms with Crippen molar-refractivity contribution in [2.24, 2.45) is 0 Å². The molecule has 5 heteroatoms. The molecule has 0 heterocycles. The highest BCUT2D eigenvalue weighted by atomic mass is 16.3. The van der Waals surface area contributed by atoms with Crippen LogP contribution in [0, 0.1) is 11.8 Å². The molecule has 1 amide bonds. The molecule has 5 nitrogen and oxygen atoms in total. The topological polar surface area (TPSA) is 86.6 Å². The van der Waals surface area contributed by atoms with E-state index in [0.717, 1.165) is 24.0 Å². The molecule has 3 aromatic carbocycles. The molecule has 2 atom stereocenters. The SMILES string of the molecule is C[C@@H](O)[C@H](NC(=O)c1ccc(C#Cc2ccc(CCc3ccccc3)cc2)cc1)C(=O)CO. The highest BCUT2D eigenvalue weighted by Gasteiger charge is 2.25. The summed E-state index contributed by atoms with van der Waals surface area (Å²) in [5, 5.41) is 21.1. The number of carbonyl (C=O) groups is 2. The second-order valence-corrected chi connectivity index (χ2v) is 7.83. The number of amides is 1. The Labute approximate surface area is 194 Å². The largest absolute Gasteiger partial charge is 0.391 e. The molecule has 0 saturated carbocycles. The first-order valence-electron chi connectivity index (χ1n) is 10.8. The van der Waals surface area contributed by atoms with Gasteiger partial charge >= 0.3 is 0 Å². The van der Waals surface area contributed by atoms with Gasteiger partial charge in [-0.3, -0.25) is 9.59 Å². The predicted octanol–water partition coefficient (Wildman–Crippen LogP) is 2.91. The van der Waals surface area contributed by atoms with Gasteiger partial charge in [0.2, 0.25) is 0 Å². The highest BCUT2D eigenvalue weighted by molar-refractivity contribution is 5.98. The summed E-state index contributed by atoms with van der Waals surface area (Å²) in [6, 6.07) is 24.1. The molecule has 0 aliphatic rings. The second-order valence-electron chi connectivity index (χ2n) is 7.83. The number of carbonyl (C=O) groups excluding carboxylic acids is 2. The van der Waals surface area contributed by atoms with E-state index in [2.05, 4.69) is 53.6 Å². The van der Waals surface area contributed by atoms with E-state index in [1.165, 1.54) is 18.1 Å². The molecule has 0 saturated heterocycles. The molecule has 0 unspecified atom stereocenters. The highest BCUT2D eigenvalue weighted by Crippen LogP contribution is 2.10. The zero-order valence-electron chi connectivity index (χ0n) is 18.5. The van der Waals surface area contributed by atoms with E-state index >= 15 is 0 Å². The molecular formula is C28H27NO4. The van der Waals surface area contributed by atoms with Crippen molar-refractivity contribution < 1.29 is 19.8 Å². The van der Waals surface area contributed by atoms with Gasteiger partial charge in [0.1, 0.15) is 12.6 Å². The van der Waals surface area contributed by atoms with Crippen LogP contribution in [0.15, 0.2) is 78.9 Å². The third-order valence-electron chi connectivity index (χ3n) is 5.27.